The van der Waals surface area contributed by atoms with E-state index in [9.17, 15) is 0 Å². The maximum Gasteiger partial charge on any atom is 0.0607 e. The van der Waals surface area contributed by atoms with Gasteiger partial charge in [0.05, 0.1) is 16.9 Å². The van der Waals surface area contributed by atoms with Gasteiger partial charge >= 0.3 is 0 Å². The van der Waals surface area contributed by atoms with Gasteiger partial charge in [0.2, 0.25) is 0 Å². The summed E-state index contributed by atoms with van der Waals surface area (Å²) in [6.45, 7) is 13.6. The van der Waals surface area contributed by atoms with E-state index in [0.717, 1.165) is 13.1 Å². The van der Waals surface area contributed by atoms with Gasteiger partial charge < -0.3 is 10.2 Å². The minimum absolute atomic E-state index is 0.168. The smallest absolute Gasteiger partial charge is 0.0607 e. The fraction of sp³-hybridized carbons (Fsp3) is 0.600. The molecule has 0 saturated carbocycles. The van der Waals surface area contributed by atoms with E-state index in [1.807, 2.05) is 0 Å². The van der Waals surface area contributed by atoms with Crippen LogP contribution in [0.1, 0.15) is 34.6 Å². The van der Waals surface area contributed by atoms with E-state index in [1.165, 1.54) is 11.4 Å². The molecular weight excluding hydrogens is 208 g/mol. The first kappa shape index (κ1) is 12.3. The minimum Gasteiger partial charge on any atom is -0.381 e. The molecule has 1 aliphatic rings. The van der Waals surface area contributed by atoms with Gasteiger partial charge in [-0.3, -0.25) is 0 Å². The number of hydrogen-bond donors (Lipinski definition) is 1. The zero-order chi connectivity index (χ0) is 12.7. The maximum absolute atomic E-state index is 3.53. The average molecular weight is 232 g/mol. The largest absolute Gasteiger partial charge is 0.381 e. The van der Waals surface area contributed by atoms with Crippen molar-refractivity contribution in [1.82, 2.24) is 0 Å². The second-order valence-electron chi connectivity index (χ2n) is 6.83. The van der Waals surface area contributed by atoms with Gasteiger partial charge in [-0.25, -0.2) is 0 Å². The van der Waals surface area contributed by atoms with Crippen LogP contribution in [0.25, 0.3) is 0 Å². The van der Waals surface area contributed by atoms with Gasteiger partial charge in [-0.2, -0.15) is 0 Å². The zero-order valence-electron chi connectivity index (χ0n) is 11.7. The summed E-state index contributed by atoms with van der Waals surface area (Å²) in [5, 5.41) is 3.53. The molecule has 1 aliphatic heterocycles. The Balaban J connectivity index is 2.39. The summed E-state index contributed by atoms with van der Waals surface area (Å²) in [5.74, 6) is 0. The van der Waals surface area contributed by atoms with E-state index in [4.69, 9.17) is 0 Å². The standard InChI is InChI=1S/C15H24N2/c1-14(2,3)11-17-13-9-7-6-8-12(13)16-10-15(17,4)5/h6-9,16H,10-11H2,1-5H3. The number of para-hydroxylation sites is 2. The predicted octanol–water partition coefficient (Wildman–Crippen LogP) is 3.74. The second-order valence-corrected chi connectivity index (χ2v) is 6.83. The van der Waals surface area contributed by atoms with Crippen molar-refractivity contribution >= 4 is 11.4 Å². The summed E-state index contributed by atoms with van der Waals surface area (Å²) in [7, 11) is 0. The van der Waals surface area contributed by atoms with Crippen molar-refractivity contribution < 1.29 is 0 Å². The van der Waals surface area contributed by atoms with Gasteiger partial charge in [0, 0.05) is 13.1 Å². The van der Waals surface area contributed by atoms with Gasteiger partial charge in [0.25, 0.3) is 0 Å². The van der Waals surface area contributed by atoms with Crippen molar-refractivity contribution in [3.63, 3.8) is 0 Å². The third-order valence-electron chi connectivity index (χ3n) is 3.27. The Morgan fingerprint density at radius 2 is 1.88 bits per heavy atom. The molecule has 0 unspecified atom stereocenters. The Labute approximate surface area is 105 Å². The Morgan fingerprint density at radius 3 is 2.53 bits per heavy atom. The van der Waals surface area contributed by atoms with Crippen molar-refractivity contribution in [2.24, 2.45) is 5.41 Å². The average Bonchev–Trinajstić information content (AvgIpc) is 2.21. The quantitative estimate of drug-likeness (QED) is 0.793. The second kappa shape index (κ2) is 3.94. The van der Waals surface area contributed by atoms with Crippen LogP contribution >= 0.6 is 0 Å². The topological polar surface area (TPSA) is 15.3 Å². The molecule has 1 aromatic rings. The third kappa shape index (κ3) is 2.56. The number of hydrogen-bond acceptors (Lipinski definition) is 2. The number of nitrogens with one attached hydrogen (secondary N) is 1. The van der Waals surface area contributed by atoms with Crippen molar-refractivity contribution in [2.45, 2.75) is 40.2 Å². The number of fused-ring (bicyclic) bond motifs is 1. The molecule has 1 aromatic carbocycles. The lowest BCUT2D eigenvalue weighted by atomic mass is 9.90. The van der Waals surface area contributed by atoms with Gasteiger partial charge in [0.1, 0.15) is 0 Å². The molecule has 0 aliphatic carbocycles. The summed E-state index contributed by atoms with van der Waals surface area (Å²) in [6, 6.07) is 8.60. The number of anilines is 2. The predicted molar refractivity (Wildman–Crippen MR) is 75.8 cm³/mol. The fourth-order valence-electron chi connectivity index (χ4n) is 2.37. The van der Waals surface area contributed by atoms with E-state index in [-0.39, 0.29) is 5.54 Å². The third-order valence-corrected chi connectivity index (χ3v) is 3.27. The summed E-state index contributed by atoms with van der Waals surface area (Å²) in [6.07, 6.45) is 0. The van der Waals surface area contributed by atoms with Gasteiger partial charge in [-0.05, 0) is 31.4 Å². The highest BCUT2D eigenvalue weighted by Crippen LogP contribution is 2.37. The molecule has 0 saturated heterocycles. The van der Waals surface area contributed by atoms with Crippen molar-refractivity contribution in [3.8, 4) is 0 Å². The lowest BCUT2D eigenvalue weighted by Gasteiger charge is -2.48. The highest BCUT2D eigenvalue weighted by atomic mass is 15.3. The molecule has 1 heterocycles. The van der Waals surface area contributed by atoms with Crippen molar-refractivity contribution in [1.29, 1.82) is 0 Å². The molecule has 0 bridgehead atoms. The molecule has 94 valence electrons. The van der Waals surface area contributed by atoms with E-state index in [2.05, 4.69) is 69.1 Å². The molecule has 2 heteroatoms. The molecule has 1 N–H and O–H groups in total. The highest BCUT2D eigenvalue weighted by molar-refractivity contribution is 5.73. The lowest BCUT2D eigenvalue weighted by Crippen LogP contribution is -2.54. The van der Waals surface area contributed by atoms with Crippen LogP contribution in [0.3, 0.4) is 0 Å². The number of nitrogens with zero attached hydrogens (tertiary/aromatic N) is 1. The lowest BCUT2D eigenvalue weighted by molar-refractivity contribution is 0.354. The van der Waals surface area contributed by atoms with Gasteiger partial charge in [0.15, 0.2) is 0 Å². The van der Waals surface area contributed by atoms with E-state index in [0.29, 0.717) is 5.41 Å². The molecule has 0 aromatic heterocycles. The Kier molecular flexibility index (Phi) is 2.84. The van der Waals surface area contributed by atoms with E-state index >= 15 is 0 Å². The summed E-state index contributed by atoms with van der Waals surface area (Å²) in [4.78, 5) is 2.54. The zero-order valence-corrected chi connectivity index (χ0v) is 11.7. The Bertz CT molecular complexity index is 402. The SMILES string of the molecule is CC(C)(C)CN1c2ccccc2NCC1(C)C. The van der Waals surface area contributed by atoms with Crippen LogP contribution in [0.2, 0.25) is 0 Å². The first-order valence-corrected chi connectivity index (χ1v) is 6.40. The molecule has 0 atom stereocenters. The first-order valence-electron chi connectivity index (χ1n) is 6.40. The molecule has 0 fully saturated rings. The van der Waals surface area contributed by atoms with Crippen LogP contribution in [-0.2, 0) is 0 Å². The van der Waals surface area contributed by atoms with Gasteiger partial charge in [-0.1, -0.05) is 32.9 Å². The molecule has 17 heavy (non-hydrogen) atoms. The molecule has 0 amide bonds. The van der Waals surface area contributed by atoms with Crippen LogP contribution in [0.5, 0.6) is 0 Å². The molecule has 0 radical (unpaired) electrons. The van der Waals surface area contributed by atoms with Gasteiger partial charge in [-0.15, -0.1) is 0 Å². The van der Waals surface area contributed by atoms with E-state index < -0.39 is 0 Å². The first-order chi connectivity index (χ1) is 7.80. The Hall–Kier alpha value is -1.18. The molecule has 2 rings (SSSR count). The maximum atomic E-state index is 3.53. The number of rotatable bonds is 1. The molecular formula is C15H24N2. The van der Waals surface area contributed by atoms with Crippen LogP contribution < -0.4 is 10.2 Å². The van der Waals surface area contributed by atoms with Crippen LogP contribution in [0.15, 0.2) is 24.3 Å². The molecule has 0 spiro atoms. The summed E-state index contributed by atoms with van der Waals surface area (Å²) >= 11 is 0. The fourth-order valence-corrected chi connectivity index (χ4v) is 2.37. The minimum atomic E-state index is 0.168. The normalized spacial score (nSPS) is 18.5. The van der Waals surface area contributed by atoms with Crippen LogP contribution in [0.4, 0.5) is 11.4 Å². The van der Waals surface area contributed by atoms with Crippen LogP contribution in [-0.4, -0.2) is 18.6 Å². The highest BCUT2D eigenvalue weighted by Gasteiger charge is 2.34. The van der Waals surface area contributed by atoms with Crippen molar-refractivity contribution in [3.05, 3.63) is 24.3 Å². The van der Waals surface area contributed by atoms with Crippen LogP contribution in [0, 0.1) is 5.41 Å². The van der Waals surface area contributed by atoms with Crippen molar-refractivity contribution in [2.75, 3.05) is 23.3 Å². The Morgan fingerprint density at radius 1 is 1.24 bits per heavy atom. The van der Waals surface area contributed by atoms with E-state index in [1.54, 1.807) is 0 Å². The monoisotopic (exact) mass is 232 g/mol. The summed E-state index contributed by atoms with van der Waals surface area (Å²) < 4.78 is 0. The summed E-state index contributed by atoms with van der Waals surface area (Å²) in [5.41, 5.74) is 3.07. The number of benzene rings is 1. The molecule has 2 nitrogen and oxygen atoms in total.